The van der Waals surface area contributed by atoms with Crippen molar-refractivity contribution in [1.29, 1.82) is 0 Å². The van der Waals surface area contributed by atoms with E-state index in [4.69, 9.17) is 10.5 Å². The molecule has 1 aromatic rings. The van der Waals surface area contributed by atoms with Gasteiger partial charge in [-0.25, -0.2) is 4.98 Å². The molecule has 2 N–H and O–H groups in total. The molecule has 0 bridgehead atoms. The van der Waals surface area contributed by atoms with Gasteiger partial charge < -0.3 is 15.4 Å². The van der Waals surface area contributed by atoms with Gasteiger partial charge in [-0.3, -0.25) is 4.79 Å². The minimum Gasteiger partial charge on any atom is -0.477 e. The van der Waals surface area contributed by atoms with E-state index in [9.17, 15) is 4.79 Å². The fourth-order valence-electron chi connectivity index (χ4n) is 2.28. The Hall–Kier alpha value is -1.78. The van der Waals surface area contributed by atoms with Crippen LogP contribution >= 0.6 is 0 Å². The predicted molar refractivity (Wildman–Crippen MR) is 73.9 cm³/mol. The summed E-state index contributed by atoms with van der Waals surface area (Å²) >= 11 is 0. The van der Waals surface area contributed by atoms with Crippen molar-refractivity contribution < 1.29 is 9.53 Å². The van der Waals surface area contributed by atoms with Gasteiger partial charge in [0.1, 0.15) is 0 Å². The maximum atomic E-state index is 12.2. The van der Waals surface area contributed by atoms with Gasteiger partial charge in [0, 0.05) is 18.8 Å². The highest BCUT2D eigenvalue weighted by Gasteiger charge is 2.24. The van der Waals surface area contributed by atoms with Crippen LogP contribution in [0.2, 0.25) is 0 Å². The molecule has 1 aliphatic heterocycles. The number of nitrogen functional groups attached to an aromatic ring is 1. The third-order valence-electron chi connectivity index (χ3n) is 3.34. The third-order valence-corrected chi connectivity index (χ3v) is 3.34. The van der Waals surface area contributed by atoms with E-state index < -0.39 is 6.10 Å². The fraction of sp³-hybridized carbons (Fsp3) is 0.571. The number of rotatable bonds is 3. The molecule has 0 spiro atoms. The molecule has 1 saturated heterocycles. The summed E-state index contributed by atoms with van der Waals surface area (Å²) in [6.07, 6.45) is 2.83. The number of hydrogen-bond acceptors (Lipinski definition) is 4. The first-order chi connectivity index (χ1) is 9.08. The predicted octanol–water partition coefficient (Wildman–Crippen LogP) is 1.75. The average Bonchev–Trinajstić information content (AvgIpc) is 2.42. The van der Waals surface area contributed by atoms with Crippen LogP contribution in [0.5, 0.6) is 5.75 Å². The Balaban J connectivity index is 1.99. The summed E-state index contributed by atoms with van der Waals surface area (Å²) in [7, 11) is 0. The number of aromatic nitrogens is 1. The number of likely N-dealkylation sites (tertiary alicyclic amines) is 1. The molecule has 1 unspecified atom stereocenters. The zero-order valence-corrected chi connectivity index (χ0v) is 11.6. The first kappa shape index (κ1) is 13.6. The number of ether oxygens (including phenoxy) is 1. The molecule has 2 rings (SSSR count). The topological polar surface area (TPSA) is 68.5 Å². The molecule has 19 heavy (non-hydrogen) atoms. The first-order valence-electron chi connectivity index (χ1n) is 6.76. The lowest BCUT2D eigenvalue weighted by atomic mass is 10.1. The van der Waals surface area contributed by atoms with Gasteiger partial charge in [-0.1, -0.05) is 0 Å². The van der Waals surface area contributed by atoms with Crippen LogP contribution < -0.4 is 10.5 Å². The second-order valence-corrected chi connectivity index (χ2v) is 4.98. The molecule has 104 valence electrons. The van der Waals surface area contributed by atoms with E-state index in [2.05, 4.69) is 4.98 Å². The first-order valence-corrected chi connectivity index (χ1v) is 6.76. The summed E-state index contributed by atoms with van der Waals surface area (Å²) in [4.78, 5) is 18.2. The quantitative estimate of drug-likeness (QED) is 0.902. The van der Waals surface area contributed by atoms with Gasteiger partial charge in [0.25, 0.3) is 5.91 Å². The fourth-order valence-corrected chi connectivity index (χ4v) is 2.28. The molecule has 2 heterocycles. The van der Waals surface area contributed by atoms with Crippen LogP contribution in [-0.2, 0) is 4.79 Å². The van der Waals surface area contributed by atoms with E-state index >= 15 is 0 Å². The second-order valence-electron chi connectivity index (χ2n) is 4.98. The second kappa shape index (κ2) is 5.91. The lowest BCUT2D eigenvalue weighted by Gasteiger charge is -2.29. The summed E-state index contributed by atoms with van der Waals surface area (Å²) < 4.78 is 5.64. The number of aryl methyl sites for hydroxylation is 1. The summed E-state index contributed by atoms with van der Waals surface area (Å²) in [6.45, 7) is 5.28. The van der Waals surface area contributed by atoms with Crippen LogP contribution in [0.15, 0.2) is 12.1 Å². The Labute approximate surface area is 113 Å². The summed E-state index contributed by atoms with van der Waals surface area (Å²) in [5, 5.41) is 0. The van der Waals surface area contributed by atoms with E-state index in [0.717, 1.165) is 31.6 Å². The van der Waals surface area contributed by atoms with Crippen molar-refractivity contribution in [2.24, 2.45) is 0 Å². The van der Waals surface area contributed by atoms with E-state index in [1.807, 2.05) is 17.9 Å². The number of amides is 1. The molecule has 0 aliphatic carbocycles. The number of carbonyl (C=O) groups excluding carboxylic acids is 1. The number of anilines is 1. The molecular formula is C14H21N3O2. The van der Waals surface area contributed by atoms with E-state index in [1.165, 1.54) is 6.42 Å². The van der Waals surface area contributed by atoms with Crippen molar-refractivity contribution in [3.63, 3.8) is 0 Å². The molecular weight excluding hydrogens is 242 g/mol. The van der Waals surface area contributed by atoms with Gasteiger partial charge in [0.05, 0.1) is 0 Å². The molecule has 1 fully saturated rings. The van der Waals surface area contributed by atoms with Crippen LogP contribution in [0, 0.1) is 6.92 Å². The third kappa shape index (κ3) is 3.36. The lowest BCUT2D eigenvalue weighted by molar-refractivity contribution is -0.138. The molecule has 0 saturated carbocycles. The van der Waals surface area contributed by atoms with Crippen molar-refractivity contribution in [2.75, 3.05) is 18.8 Å². The van der Waals surface area contributed by atoms with Crippen molar-refractivity contribution in [3.05, 3.63) is 17.8 Å². The van der Waals surface area contributed by atoms with Crippen molar-refractivity contribution >= 4 is 11.7 Å². The van der Waals surface area contributed by atoms with Gasteiger partial charge in [-0.15, -0.1) is 0 Å². The van der Waals surface area contributed by atoms with E-state index in [-0.39, 0.29) is 5.91 Å². The molecule has 1 aromatic heterocycles. The minimum atomic E-state index is -0.523. The lowest BCUT2D eigenvalue weighted by Crippen LogP contribution is -2.43. The van der Waals surface area contributed by atoms with Crippen LogP contribution in [-0.4, -0.2) is 35.0 Å². The van der Waals surface area contributed by atoms with E-state index in [1.54, 1.807) is 13.0 Å². The monoisotopic (exact) mass is 263 g/mol. The molecule has 0 radical (unpaired) electrons. The Bertz CT molecular complexity index is 456. The smallest absolute Gasteiger partial charge is 0.263 e. The Morgan fingerprint density at radius 2 is 2.05 bits per heavy atom. The molecule has 1 aliphatic rings. The molecule has 5 heteroatoms. The highest BCUT2D eigenvalue weighted by Crippen LogP contribution is 2.21. The van der Waals surface area contributed by atoms with Crippen LogP contribution in [0.25, 0.3) is 0 Å². The van der Waals surface area contributed by atoms with Gasteiger partial charge in [0.15, 0.2) is 17.7 Å². The Morgan fingerprint density at radius 3 is 2.68 bits per heavy atom. The number of carbonyl (C=O) groups is 1. The number of nitrogens with two attached hydrogens (primary N) is 1. The normalized spacial score (nSPS) is 17.1. The molecule has 1 amide bonds. The summed E-state index contributed by atoms with van der Waals surface area (Å²) in [5.74, 6) is 0.835. The summed E-state index contributed by atoms with van der Waals surface area (Å²) in [6, 6.07) is 3.58. The van der Waals surface area contributed by atoms with Crippen molar-refractivity contribution in [1.82, 2.24) is 9.88 Å². The maximum absolute atomic E-state index is 12.2. The van der Waals surface area contributed by atoms with E-state index in [0.29, 0.717) is 11.6 Å². The SMILES string of the molecule is Cc1ccc(OC(C)C(=O)N2CCCCC2)c(N)n1. The van der Waals surface area contributed by atoms with Gasteiger partial charge in [0.2, 0.25) is 0 Å². The van der Waals surface area contributed by atoms with Crippen LogP contribution in [0.1, 0.15) is 31.9 Å². The van der Waals surface area contributed by atoms with Gasteiger partial charge in [-0.2, -0.15) is 0 Å². The van der Waals surface area contributed by atoms with Crippen molar-refractivity contribution in [2.45, 2.75) is 39.2 Å². The highest BCUT2D eigenvalue weighted by molar-refractivity contribution is 5.81. The Morgan fingerprint density at radius 1 is 1.37 bits per heavy atom. The van der Waals surface area contributed by atoms with Crippen LogP contribution in [0.4, 0.5) is 5.82 Å². The highest BCUT2D eigenvalue weighted by atomic mass is 16.5. The largest absolute Gasteiger partial charge is 0.477 e. The average molecular weight is 263 g/mol. The number of hydrogen-bond donors (Lipinski definition) is 1. The van der Waals surface area contributed by atoms with Crippen LogP contribution in [0.3, 0.4) is 0 Å². The molecule has 5 nitrogen and oxygen atoms in total. The standard InChI is InChI=1S/C14H21N3O2/c1-10-6-7-12(13(15)16-10)19-11(2)14(18)17-8-4-3-5-9-17/h6-7,11H,3-5,8-9H2,1-2H3,(H2,15,16). The number of nitrogens with zero attached hydrogens (tertiary/aromatic N) is 2. The zero-order valence-electron chi connectivity index (χ0n) is 11.6. The maximum Gasteiger partial charge on any atom is 0.263 e. The van der Waals surface area contributed by atoms with Gasteiger partial charge in [-0.05, 0) is 45.2 Å². The minimum absolute atomic E-state index is 0.0275. The molecule has 0 aromatic carbocycles. The zero-order chi connectivity index (χ0) is 13.8. The summed E-state index contributed by atoms with van der Waals surface area (Å²) in [5.41, 5.74) is 6.62. The van der Waals surface area contributed by atoms with Gasteiger partial charge >= 0.3 is 0 Å². The number of piperidine rings is 1. The molecule has 1 atom stereocenters. The van der Waals surface area contributed by atoms with Crippen molar-refractivity contribution in [3.8, 4) is 5.75 Å². The Kier molecular flexibility index (Phi) is 4.24. The number of pyridine rings is 1.